The van der Waals surface area contributed by atoms with Gasteiger partial charge in [0.2, 0.25) is 0 Å². The zero-order valence-electron chi connectivity index (χ0n) is 69.2. The van der Waals surface area contributed by atoms with Crippen LogP contribution >= 0.6 is 22.7 Å². The fourth-order valence-corrected chi connectivity index (χ4v) is 22.0. The molecular weight excluding hydrogens is 1580 g/mol. The minimum absolute atomic E-state index is 0.879. The number of aryl methyl sites for hydroxylation is 1. The van der Waals surface area contributed by atoms with Crippen molar-refractivity contribution in [2.75, 3.05) is 19.6 Å². The summed E-state index contributed by atoms with van der Waals surface area (Å²) in [7, 11) is 0. The molecular formula is C119H78N4O2S2. The highest BCUT2D eigenvalue weighted by Crippen LogP contribution is 2.54. The first kappa shape index (κ1) is 74.7. The quantitative estimate of drug-likeness (QED) is 0.0953. The zero-order valence-corrected chi connectivity index (χ0v) is 70.9. The molecule has 0 unspecified atom stereocenters. The average Bonchev–Trinajstić information content (AvgIpc) is 1.60. The molecule has 0 aliphatic rings. The molecule has 21 aromatic carbocycles. The molecule has 0 bridgehead atoms. The molecule has 25 rings (SSSR count). The Labute approximate surface area is 742 Å². The SMILES string of the molecule is Cc1cccc2c3cc(N(c4ccc5oc6ccccc6c5c4)c4ccccc4-c4ccccc4)ccc3c3sc4cc(N(c5ccccc5)c5ccccc5-c5ccccc5)ccc4c3c12.c1ccc(-c2ccccc2N(c2ccccc2)c2ccc3c(c2)sc2c4ccc(N(c5ccccc5)c5ccc6oc7ccccc7c6c5)cc4c4ccccc4c32)cc1. The summed E-state index contributed by atoms with van der Waals surface area (Å²) >= 11 is 3.79. The fourth-order valence-electron chi connectivity index (χ4n) is 19.4. The molecule has 0 N–H and O–H groups in total. The molecule has 0 saturated heterocycles. The maximum Gasteiger partial charge on any atom is 0.135 e. The maximum atomic E-state index is 6.34. The number of benzene rings is 21. The summed E-state index contributed by atoms with van der Waals surface area (Å²) in [5.74, 6) is 0. The Bertz CT molecular complexity index is 8560. The zero-order chi connectivity index (χ0) is 84.0. The summed E-state index contributed by atoms with van der Waals surface area (Å²) in [6.07, 6.45) is 0. The minimum atomic E-state index is 0.879. The lowest BCUT2D eigenvalue weighted by Gasteiger charge is -2.28. The molecule has 0 atom stereocenters. The summed E-state index contributed by atoms with van der Waals surface area (Å²) in [5.41, 5.74) is 25.2. The van der Waals surface area contributed by atoms with Crippen LogP contribution in [-0.2, 0) is 0 Å². The topological polar surface area (TPSA) is 39.2 Å². The number of anilines is 12. The van der Waals surface area contributed by atoms with E-state index in [4.69, 9.17) is 8.83 Å². The first-order chi connectivity index (χ1) is 62.9. The highest BCUT2D eigenvalue weighted by Gasteiger charge is 2.27. The van der Waals surface area contributed by atoms with Gasteiger partial charge in [-0.3, -0.25) is 0 Å². The molecule has 25 aromatic rings. The van der Waals surface area contributed by atoms with Gasteiger partial charge >= 0.3 is 0 Å². The van der Waals surface area contributed by atoms with Crippen LogP contribution in [0, 0.1) is 6.92 Å². The molecule has 8 heteroatoms. The number of fused-ring (bicyclic) bond motifs is 22. The van der Waals surface area contributed by atoms with Gasteiger partial charge in [0.05, 0.1) is 17.1 Å². The summed E-state index contributed by atoms with van der Waals surface area (Å²) < 4.78 is 17.7. The van der Waals surface area contributed by atoms with Gasteiger partial charge in [0.25, 0.3) is 0 Å². The van der Waals surface area contributed by atoms with E-state index < -0.39 is 0 Å². The lowest BCUT2D eigenvalue weighted by atomic mass is 9.93. The molecule has 6 nitrogen and oxygen atoms in total. The molecule has 0 amide bonds. The fraction of sp³-hybridized carbons (Fsp3) is 0.00840. The molecule has 0 saturated carbocycles. The van der Waals surface area contributed by atoms with E-state index in [9.17, 15) is 0 Å². The van der Waals surface area contributed by atoms with Crippen LogP contribution < -0.4 is 19.6 Å². The number of hydrogen-bond acceptors (Lipinski definition) is 8. The largest absolute Gasteiger partial charge is 0.456 e. The van der Waals surface area contributed by atoms with Crippen molar-refractivity contribution in [3.05, 3.63) is 461 Å². The first-order valence-electron chi connectivity index (χ1n) is 43.2. The van der Waals surface area contributed by atoms with Gasteiger partial charge in [-0.25, -0.2) is 0 Å². The molecule has 4 heterocycles. The van der Waals surface area contributed by atoms with Crippen molar-refractivity contribution in [2.24, 2.45) is 0 Å². The van der Waals surface area contributed by atoms with E-state index >= 15 is 0 Å². The van der Waals surface area contributed by atoms with Crippen LogP contribution in [0.2, 0.25) is 0 Å². The summed E-state index contributed by atoms with van der Waals surface area (Å²) in [6.45, 7) is 2.26. The maximum absolute atomic E-state index is 6.34. The van der Waals surface area contributed by atoms with Gasteiger partial charge in [-0.2, -0.15) is 0 Å². The second-order valence-electron chi connectivity index (χ2n) is 32.5. The van der Waals surface area contributed by atoms with Crippen molar-refractivity contribution >= 4 is 218 Å². The Kier molecular flexibility index (Phi) is 18.4. The van der Waals surface area contributed by atoms with Crippen molar-refractivity contribution in [2.45, 2.75) is 6.92 Å². The molecule has 4 aromatic heterocycles. The normalized spacial score (nSPS) is 11.7. The van der Waals surface area contributed by atoms with Gasteiger partial charge in [-0.15, -0.1) is 22.7 Å². The summed E-state index contributed by atoms with van der Waals surface area (Å²) in [4.78, 5) is 9.60. The van der Waals surface area contributed by atoms with Crippen LogP contribution in [-0.4, -0.2) is 0 Å². The van der Waals surface area contributed by atoms with E-state index in [1.54, 1.807) is 0 Å². The van der Waals surface area contributed by atoms with E-state index in [0.29, 0.717) is 0 Å². The Morgan fingerprint density at radius 2 is 0.480 bits per heavy atom. The van der Waals surface area contributed by atoms with Gasteiger partial charge < -0.3 is 28.4 Å². The van der Waals surface area contributed by atoms with Crippen LogP contribution in [0.1, 0.15) is 5.56 Å². The predicted molar refractivity (Wildman–Crippen MR) is 543 cm³/mol. The van der Waals surface area contributed by atoms with E-state index in [-0.39, 0.29) is 0 Å². The van der Waals surface area contributed by atoms with E-state index in [1.165, 1.54) is 117 Å². The van der Waals surface area contributed by atoms with Crippen molar-refractivity contribution < 1.29 is 8.83 Å². The van der Waals surface area contributed by atoms with Crippen molar-refractivity contribution in [1.29, 1.82) is 0 Å². The minimum Gasteiger partial charge on any atom is -0.456 e. The van der Waals surface area contributed by atoms with Gasteiger partial charge in [0.1, 0.15) is 22.3 Å². The Morgan fingerprint density at radius 1 is 0.181 bits per heavy atom. The lowest BCUT2D eigenvalue weighted by Crippen LogP contribution is -2.11. The molecule has 0 fully saturated rings. The number of rotatable bonds is 15. The standard InChI is InChI=1S/C63H42N2OS.C56H36N2OS/c1-41-18-17-28-51-54-38-45(65(57-30-15-12-26-49(57)43-21-7-3-8-22-43)46-34-37-59-55(39-46)50-27-13-16-31-58(50)66-59)32-35-52(54)63-62(61(41)51)53-36-33-47(40-60(53)67-63)64(44-23-9-4-10-24-44)56-29-14-11-25-48(56)42-19-5-2-6-20-42;1-4-16-37(17-5-1)43-22-12-14-26-51(43)58(39-20-8-3-9-21-39)42-29-32-48-54(36-42)60-56-47-31-28-40(34-49(47)44-23-10-11-25-46(44)55(48)56)57(38-18-6-2-7-19-38)41-30-33-53-50(35-41)45-24-13-15-27-52(45)59-53/h2-40H,1H3;1-36H. The van der Waals surface area contributed by atoms with Crippen LogP contribution in [0.15, 0.2) is 464 Å². The monoisotopic (exact) mass is 1660 g/mol. The van der Waals surface area contributed by atoms with Gasteiger partial charge in [0, 0.05) is 141 Å². The van der Waals surface area contributed by atoms with Crippen LogP contribution in [0.4, 0.5) is 68.2 Å². The number of para-hydroxylation sites is 8. The molecule has 0 radical (unpaired) electrons. The number of furan rings is 2. The van der Waals surface area contributed by atoms with Crippen molar-refractivity contribution in [3.63, 3.8) is 0 Å². The molecule has 0 aliphatic heterocycles. The Morgan fingerprint density at radius 3 is 0.937 bits per heavy atom. The highest BCUT2D eigenvalue weighted by molar-refractivity contribution is 7.27. The first-order valence-corrected chi connectivity index (χ1v) is 44.8. The molecule has 0 aliphatic carbocycles. The van der Waals surface area contributed by atoms with E-state index in [0.717, 1.165) is 118 Å². The second-order valence-corrected chi connectivity index (χ2v) is 34.6. The Balaban J connectivity index is 0.000000143. The lowest BCUT2D eigenvalue weighted by molar-refractivity contribution is 0.668. The number of thiophene rings is 2. The predicted octanol–water partition coefficient (Wildman–Crippen LogP) is 35.7. The second kappa shape index (κ2) is 31.3. The number of hydrogen-bond donors (Lipinski definition) is 0. The van der Waals surface area contributed by atoms with Crippen LogP contribution in [0.5, 0.6) is 0 Å². The van der Waals surface area contributed by atoms with Crippen molar-refractivity contribution in [3.8, 4) is 33.4 Å². The van der Waals surface area contributed by atoms with Crippen LogP contribution in [0.25, 0.3) is 161 Å². The number of nitrogens with zero attached hydrogens (tertiary/aromatic N) is 4. The third-order valence-corrected chi connectivity index (χ3v) is 27.5. The molecule has 598 valence electrons. The van der Waals surface area contributed by atoms with Gasteiger partial charge in [-0.05, 0) is 213 Å². The molecule has 127 heavy (non-hydrogen) atoms. The summed E-state index contributed by atoms with van der Waals surface area (Å²) in [6, 6.07) is 164. The smallest absolute Gasteiger partial charge is 0.135 e. The van der Waals surface area contributed by atoms with Crippen molar-refractivity contribution in [1.82, 2.24) is 0 Å². The van der Waals surface area contributed by atoms with E-state index in [1.807, 2.05) is 46.9 Å². The van der Waals surface area contributed by atoms with E-state index in [2.05, 4.69) is 457 Å². The molecule has 0 spiro atoms. The van der Waals surface area contributed by atoms with Gasteiger partial charge in [0.15, 0.2) is 0 Å². The third-order valence-electron chi connectivity index (χ3n) is 25.1. The third kappa shape index (κ3) is 13.0. The summed E-state index contributed by atoms with van der Waals surface area (Å²) in [5, 5.41) is 19.7. The average molecular weight is 1660 g/mol. The highest BCUT2D eigenvalue weighted by atomic mass is 32.1. The van der Waals surface area contributed by atoms with Gasteiger partial charge in [-0.1, -0.05) is 303 Å². The van der Waals surface area contributed by atoms with Crippen LogP contribution in [0.3, 0.4) is 0 Å². The Hall–Kier alpha value is -16.1.